The van der Waals surface area contributed by atoms with Crippen molar-refractivity contribution < 1.29 is 22.7 Å². The molecule has 1 heterocycles. The minimum Gasteiger partial charge on any atom is -0.393 e. The van der Waals surface area contributed by atoms with Crippen LogP contribution in [0.2, 0.25) is 0 Å². The third-order valence-corrected chi connectivity index (χ3v) is 11.3. The number of aliphatic hydroxyl groups excluding tert-OH is 1. The van der Waals surface area contributed by atoms with Crippen LogP contribution in [0.4, 0.5) is 17.6 Å². The number of nitrogens with one attached hydrogen (secondary N) is 1. The number of piperidine rings is 1. The monoisotopic (exact) mass is 515 g/mol. The number of hydrogen-bond donors (Lipinski definition) is 2. The first-order chi connectivity index (χ1) is 17.0. The first-order valence-electron chi connectivity index (χ1n) is 15.2. The van der Waals surface area contributed by atoms with Crippen LogP contribution in [-0.4, -0.2) is 35.6 Å². The van der Waals surface area contributed by atoms with Crippen LogP contribution in [0.3, 0.4) is 0 Å². The van der Waals surface area contributed by atoms with E-state index in [9.17, 15) is 18.3 Å². The molecule has 0 aromatic rings. The second-order valence-electron chi connectivity index (χ2n) is 14.2. The van der Waals surface area contributed by atoms with E-state index in [4.69, 9.17) is 0 Å². The molecule has 0 aromatic heterocycles. The van der Waals surface area contributed by atoms with E-state index in [2.05, 4.69) is 19.2 Å². The van der Waals surface area contributed by atoms with Crippen LogP contribution in [0.15, 0.2) is 0 Å². The van der Waals surface area contributed by atoms with Gasteiger partial charge in [0.15, 0.2) is 0 Å². The van der Waals surface area contributed by atoms with Gasteiger partial charge >= 0.3 is 6.18 Å². The van der Waals surface area contributed by atoms with Gasteiger partial charge in [-0.05, 0) is 80.5 Å². The van der Waals surface area contributed by atoms with Gasteiger partial charge in [0.2, 0.25) is 0 Å². The summed E-state index contributed by atoms with van der Waals surface area (Å²) in [5, 5.41) is 15.5. The molecule has 7 atom stereocenters. The zero-order valence-electron chi connectivity index (χ0n) is 22.4. The van der Waals surface area contributed by atoms with E-state index in [1.165, 1.54) is 32.1 Å². The Bertz CT molecular complexity index is 721. The first-order valence-corrected chi connectivity index (χ1v) is 15.2. The maximum Gasteiger partial charge on any atom is 0.391 e. The van der Waals surface area contributed by atoms with Gasteiger partial charge < -0.3 is 10.4 Å². The predicted molar refractivity (Wildman–Crippen MR) is 135 cm³/mol. The quantitative estimate of drug-likeness (QED) is 0.374. The second-order valence-corrected chi connectivity index (χ2v) is 14.2. The van der Waals surface area contributed by atoms with E-state index in [0.717, 1.165) is 38.5 Å². The molecule has 0 radical (unpaired) electrons. The highest BCUT2D eigenvalue weighted by atomic mass is 19.4. The van der Waals surface area contributed by atoms with Gasteiger partial charge in [0, 0.05) is 23.9 Å². The zero-order valence-corrected chi connectivity index (χ0v) is 22.4. The molecule has 0 amide bonds. The number of aliphatic hydroxyl groups is 1. The highest BCUT2D eigenvalue weighted by molar-refractivity contribution is 5.10. The Hall–Kier alpha value is -0.360. The summed E-state index contributed by atoms with van der Waals surface area (Å²) in [6, 6.07) is 0.308. The van der Waals surface area contributed by atoms with Crippen LogP contribution >= 0.6 is 0 Å². The molecular weight excluding hydrogens is 466 g/mol. The van der Waals surface area contributed by atoms with Gasteiger partial charge in [-0.1, -0.05) is 58.8 Å². The summed E-state index contributed by atoms with van der Waals surface area (Å²) in [6.45, 7) is 4.49. The molecule has 4 aliphatic carbocycles. The number of hydrogen-bond acceptors (Lipinski definition) is 2. The lowest BCUT2D eigenvalue weighted by molar-refractivity contribution is -0.187. The molecule has 1 aliphatic heterocycles. The summed E-state index contributed by atoms with van der Waals surface area (Å²) in [6.07, 6.45) is 7.42. The van der Waals surface area contributed by atoms with Gasteiger partial charge in [-0.2, -0.15) is 13.2 Å². The standard InChI is InChI=1S/C30H49F4NO/c1-29(2)16-22-25(23(36)17-29)24(18-8-4-3-5-9-18)26(28(35-22)20-10-6-7-11-20)27(31)19-12-14-21(15-13-19)30(32,33)34/h18-28,35-36H,3-17H2,1-2H3/t19?,21?,22?,23-,24?,25?,26?,27-,28?/m0/s1. The largest absolute Gasteiger partial charge is 0.393 e. The van der Waals surface area contributed by atoms with Crippen molar-refractivity contribution in [3.63, 3.8) is 0 Å². The molecule has 0 spiro atoms. The maximum atomic E-state index is 16.9. The Morgan fingerprint density at radius 3 is 1.97 bits per heavy atom. The van der Waals surface area contributed by atoms with Gasteiger partial charge in [0.25, 0.3) is 0 Å². The number of alkyl halides is 4. The van der Waals surface area contributed by atoms with Crippen molar-refractivity contribution in [1.29, 1.82) is 0 Å². The molecule has 0 bridgehead atoms. The van der Waals surface area contributed by atoms with Crippen molar-refractivity contribution in [2.75, 3.05) is 0 Å². The van der Waals surface area contributed by atoms with Crippen molar-refractivity contribution >= 4 is 0 Å². The molecule has 5 aliphatic rings. The smallest absolute Gasteiger partial charge is 0.391 e. The van der Waals surface area contributed by atoms with E-state index in [1.807, 2.05) is 0 Å². The molecular formula is C30H49F4NO. The van der Waals surface area contributed by atoms with Crippen molar-refractivity contribution in [3.8, 4) is 0 Å². The average Bonchev–Trinajstić information content (AvgIpc) is 3.37. The summed E-state index contributed by atoms with van der Waals surface area (Å²) >= 11 is 0. The Morgan fingerprint density at radius 1 is 0.778 bits per heavy atom. The van der Waals surface area contributed by atoms with Gasteiger partial charge in [-0.15, -0.1) is 0 Å². The lowest BCUT2D eigenvalue weighted by Gasteiger charge is -2.59. The van der Waals surface area contributed by atoms with E-state index in [1.54, 1.807) is 0 Å². The molecule has 1 saturated heterocycles. The second kappa shape index (κ2) is 10.7. The third-order valence-electron chi connectivity index (χ3n) is 11.3. The van der Waals surface area contributed by atoms with Crippen molar-refractivity contribution in [2.24, 2.45) is 46.8 Å². The fourth-order valence-electron chi connectivity index (χ4n) is 9.74. The molecule has 208 valence electrons. The molecule has 6 heteroatoms. The number of fused-ring (bicyclic) bond motifs is 1. The van der Waals surface area contributed by atoms with E-state index >= 15 is 4.39 Å². The summed E-state index contributed by atoms with van der Waals surface area (Å²) < 4.78 is 57.0. The molecule has 4 saturated carbocycles. The fourth-order valence-corrected chi connectivity index (χ4v) is 9.74. The van der Waals surface area contributed by atoms with Gasteiger partial charge in [0.05, 0.1) is 12.0 Å². The molecule has 2 nitrogen and oxygen atoms in total. The minimum atomic E-state index is -4.16. The first kappa shape index (κ1) is 27.2. The van der Waals surface area contributed by atoms with Gasteiger partial charge in [-0.25, -0.2) is 4.39 Å². The normalized spacial score (nSPS) is 43.8. The number of halogens is 4. The number of rotatable bonds is 4. The molecule has 5 rings (SSSR count). The predicted octanol–water partition coefficient (Wildman–Crippen LogP) is 7.83. The lowest BCUT2D eigenvalue weighted by Crippen LogP contribution is -2.67. The SMILES string of the molecule is CC1(C)CC2NC(C3CCCC3)C([C@@H](F)C3CCC(C(F)(F)F)CC3)C(C3CCCCC3)C2[C@@H](O)C1. The maximum absolute atomic E-state index is 16.9. The van der Waals surface area contributed by atoms with Crippen LogP contribution < -0.4 is 5.32 Å². The van der Waals surface area contributed by atoms with Crippen molar-refractivity contribution in [2.45, 2.75) is 141 Å². The third kappa shape index (κ3) is 5.51. The summed E-state index contributed by atoms with van der Waals surface area (Å²) in [5.74, 6) is -0.633. The van der Waals surface area contributed by atoms with Crippen molar-refractivity contribution in [3.05, 3.63) is 0 Å². The molecule has 36 heavy (non-hydrogen) atoms. The van der Waals surface area contributed by atoms with Crippen LogP contribution in [0, 0.1) is 46.8 Å². The Kier molecular flexibility index (Phi) is 8.06. The van der Waals surface area contributed by atoms with Crippen molar-refractivity contribution in [1.82, 2.24) is 5.32 Å². The minimum absolute atomic E-state index is 0.0584. The topological polar surface area (TPSA) is 32.3 Å². The Labute approximate surface area is 215 Å². The molecule has 0 aromatic carbocycles. The lowest BCUT2D eigenvalue weighted by atomic mass is 9.53. The summed E-state index contributed by atoms with van der Waals surface area (Å²) in [5.41, 5.74) is 0.0584. The Morgan fingerprint density at radius 2 is 1.36 bits per heavy atom. The average molecular weight is 516 g/mol. The van der Waals surface area contributed by atoms with Gasteiger partial charge in [0.1, 0.15) is 6.17 Å². The summed E-state index contributed by atoms with van der Waals surface area (Å²) in [7, 11) is 0. The molecule has 5 unspecified atom stereocenters. The van der Waals surface area contributed by atoms with Gasteiger partial charge in [-0.3, -0.25) is 0 Å². The van der Waals surface area contributed by atoms with E-state index < -0.39 is 24.4 Å². The van der Waals surface area contributed by atoms with Crippen LogP contribution in [0.5, 0.6) is 0 Å². The van der Waals surface area contributed by atoms with Crippen LogP contribution in [-0.2, 0) is 0 Å². The van der Waals surface area contributed by atoms with Crippen LogP contribution in [0.1, 0.15) is 110 Å². The van der Waals surface area contributed by atoms with E-state index in [-0.39, 0.29) is 54.0 Å². The molecule has 2 N–H and O–H groups in total. The Balaban J connectivity index is 1.46. The highest BCUT2D eigenvalue weighted by Gasteiger charge is 2.58. The van der Waals surface area contributed by atoms with Crippen LogP contribution in [0.25, 0.3) is 0 Å². The molecule has 5 fully saturated rings. The zero-order chi connectivity index (χ0) is 25.7. The summed E-state index contributed by atoms with van der Waals surface area (Å²) in [4.78, 5) is 0. The highest BCUT2D eigenvalue weighted by Crippen LogP contribution is 2.55. The van der Waals surface area contributed by atoms with E-state index in [0.29, 0.717) is 24.7 Å². The fraction of sp³-hybridized carbons (Fsp3) is 1.00.